The zero-order valence-corrected chi connectivity index (χ0v) is 11.3. The summed E-state index contributed by atoms with van der Waals surface area (Å²) in [6.07, 6.45) is 1.77. The molecule has 2 rings (SSSR count). The Balaban J connectivity index is 2.02. The van der Waals surface area contributed by atoms with Gasteiger partial charge in [0.2, 0.25) is 5.91 Å². The van der Waals surface area contributed by atoms with E-state index < -0.39 is 0 Å². The Morgan fingerprint density at radius 3 is 2.95 bits per heavy atom. The van der Waals surface area contributed by atoms with Crippen LogP contribution in [-0.4, -0.2) is 24.0 Å². The maximum Gasteiger partial charge on any atom is 0.238 e. The highest BCUT2D eigenvalue weighted by Crippen LogP contribution is 2.20. The van der Waals surface area contributed by atoms with Crippen molar-refractivity contribution in [2.24, 2.45) is 0 Å². The molecule has 1 aromatic heterocycles. The van der Waals surface area contributed by atoms with Crippen LogP contribution < -0.4 is 10.6 Å². The van der Waals surface area contributed by atoms with Gasteiger partial charge in [0.25, 0.3) is 0 Å². The first-order valence-electron chi connectivity index (χ1n) is 6.63. The lowest BCUT2D eigenvalue weighted by Crippen LogP contribution is -2.28. The van der Waals surface area contributed by atoms with Gasteiger partial charge in [-0.15, -0.1) is 0 Å². The first-order valence-corrected chi connectivity index (χ1v) is 6.63. The molecular formula is C14H19N3O2. The van der Waals surface area contributed by atoms with Gasteiger partial charge in [0, 0.05) is 12.1 Å². The molecule has 0 saturated carbocycles. The predicted molar refractivity (Wildman–Crippen MR) is 75.2 cm³/mol. The van der Waals surface area contributed by atoms with E-state index in [9.17, 15) is 4.79 Å². The number of anilines is 1. The Hall–Kier alpha value is -1.88. The summed E-state index contributed by atoms with van der Waals surface area (Å²) in [5.41, 5.74) is 2.27. The van der Waals surface area contributed by atoms with Crippen LogP contribution in [0, 0.1) is 0 Å². The fraction of sp³-hybridized carbons (Fsp3) is 0.429. The highest BCUT2D eigenvalue weighted by Gasteiger charge is 2.06. The van der Waals surface area contributed by atoms with Crippen LogP contribution in [0.2, 0.25) is 0 Å². The van der Waals surface area contributed by atoms with E-state index in [4.69, 9.17) is 4.42 Å². The maximum absolute atomic E-state index is 11.7. The average Bonchev–Trinajstić information content (AvgIpc) is 2.81. The highest BCUT2D eigenvalue weighted by atomic mass is 16.3. The number of carbonyl (C=O) groups is 1. The Kier molecular flexibility index (Phi) is 4.52. The molecule has 0 saturated heterocycles. The van der Waals surface area contributed by atoms with Gasteiger partial charge >= 0.3 is 0 Å². The minimum atomic E-state index is -0.0491. The molecule has 1 heterocycles. The van der Waals surface area contributed by atoms with E-state index in [0.717, 1.165) is 36.2 Å². The third kappa shape index (κ3) is 3.54. The zero-order chi connectivity index (χ0) is 13.7. The second kappa shape index (κ2) is 6.33. The standard InChI is InChI=1S/C14H19N3O2/c1-3-7-15-9-13(18)16-10-5-6-12-11(8-10)17-14(4-2)19-12/h5-6,8,15H,3-4,7,9H2,1-2H3,(H,16,18). The normalized spacial score (nSPS) is 10.8. The summed E-state index contributed by atoms with van der Waals surface area (Å²) in [5.74, 6) is 0.662. The molecule has 0 radical (unpaired) electrons. The van der Waals surface area contributed by atoms with Gasteiger partial charge in [-0.3, -0.25) is 4.79 Å². The zero-order valence-electron chi connectivity index (χ0n) is 11.3. The Morgan fingerprint density at radius 2 is 2.21 bits per heavy atom. The van der Waals surface area contributed by atoms with E-state index >= 15 is 0 Å². The minimum absolute atomic E-state index is 0.0491. The van der Waals surface area contributed by atoms with Crippen molar-refractivity contribution in [1.82, 2.24) is 10.3 Å². The van der Waals surface area contributed by atoms with Crippen molar-refractivity contribution in [3.8, 4) is 0 Å². The molecule has 2 N–H and O–H groups in total. The van der Waals surface area contributed by atoms with Gasteiger partial charge in [0.15, 0.2) is 11.5 Å². The summed E-state index contributed by atoms with van der Waals surface area (Å²) in [4.78, 5) is 16.0. The Bertz CT molecular complexity index is 563. The third-order valence-corrected chi connectivity index (χ3v) is 2.73. The number of fused-ring (bicyclic) bond motifs is 1. The van der Waals surface area contributed by atoms with Crippen LogP contribution in [0.25, 0.3) is 11.1 Å². The van der Waals surface area contributed by atoms with Crippen LogP contribution in [0.1, 0.15) is 26.2 Å². The number of aromatic nitrogens is 1. The lowest BCUT2D eigenvalue weighted by Gasteiger charge is -2.05. The summed E-state index contributed by atoms with van der Waals surface area (Å²) in [6, 6.07) is 5.48. The molecule has 19 heavy (non-hydrogen) atoms. The molecule has 0 aliphatic carbocycles. The fourth-order valence-corrected chi connectivity index (χ4v) is 1.79. The van der Waals surface area contributed by atoms with E-state index in [1.54, 1.807) is 0 Å². The number of rotatable bonds is 6. The monoisotopic (exact) mass is 261 g/mol. The van der Waals surface area contributed by atoms with Crippen LogP contribution in [0.3, 0.4) is 0 Å². The van der Waals surface area contributed by atoms with Crippen molar-refractivity contribution in [3.05, 3.63) is 24.1 Å². The van der Waals surface area contributed by atoms with E-state index in [1.807, 2.05) is 25.1 Å². The highest BCUT2D eigenvalue weighted by molar-refractivity contribution is 5.94. The lowest BCUT2D eigenvalue weighted by atomic mass is 10.3. The topological polar surface area (TPSA) is 67.2 Å². The van der Waals surface area contributed by atoms with Crippen molar-refractivity contribution < 1.29 is 9.21 Å². The molecule has 0 fully saturated rings. The summed E-state index contributed by atoms with van der Waals surface area (Å²) < 4.78 is 5.52. The number of nitrogens with zero attached hydrogens (tertiary/aromatic N) is 1. The largest absolute Gasteiger partial charge is 0.441 e. The van der Waals surface area contributed by atoms with Gasteiger partial charge in [-0.05, 0) is 31.2 Å². The lowest BCUT2D eigenvalue weighted by molar-refractivity contribution is -0.115. The van der Waals surface area contributed by atoms with Crippen molar-refractivity contribution in [1.29, 1.82) is 0 Å². The molecule has 0 aliphatic rings. The van der Waals surface area contributed by atoms with Crippen molar-refractivity contribution >= 4 is 22.7 Å². The number of benzene rings is 1. The number of hydrogen-bond donors (Lipinski definition) is 2. The summed E-state index contributed by atoms with van der Waals surface area (Å²) >= 11 is 0. The predicted octanol–water partition coefficient (Wildman–Crippen LogP) is 2.33. The molecule has 1 amide bonds. The number of oxazole rings is 1. The summed E-state index contributed by atoms with van der Waals surface area (Å²) in [5, 5.41) is 5.90. The smallest absolute Gasteiger partial charge is 0.238 e. The average molecular weight is 261 g/mol. The number of amides is 1. The van der Waals surface area contributed by atoms with Gasteiger partial charge in [0.1, 0.15) is 5.52 Å². The molecule has 0 spiro atoms. The van der Waals surface area contributed by atoms with Gasteiger partial charge < -0.3 is 15.1 Å². The summed E-state index contributed by atoms with van der Waals surface area (Å²) in [7, 11) is 0. The molecule has 102 valence electrons. The first kappa shape index (κ1) is 13.5. The van der Waals surface area contributed by atoms with Crippen LogP contribution in [-0.2, 0) is 11.2 Å². The second-order valence-electron chi connectivity index (χ2n) is 4.37. The molecular weight excluding hydrogens is 242 g/mol. The van der Waals surface area contributed by atoms with E-state index in [-0.39, 0.29) is 5.91 Å². The van der Waals surface area contributed by atoms with Crippen molar-refractivity contribution in [3.63, 3.8) is 0 Å². The number of hydrogen-bond acceptors (Lipinski definition) is 4. The SMILES string of the molecule is CCCNCC(=O)Nc1ccc2oc(CC)nc2c1. The van der Waals surface area contributed by atoms with Crippen LogP contribution in [0.4, 0.5) is 5.69 Å². The van der Waals surface area contributed by atoms with E-state index in [1.165, 1.54) is 0 Å². The van der Waals surface area contributed by atoms with Crippen LogP contribution in [0.5, 0.6) is 0 Å². The molecule has 2 aromatic rings. The Morgan fingerprint density at radius 1 is 1.37 bits per heavy atom. The first-order chi connectivity index (χ1) is 9.22. The van der Waals surface area contributed by atoms with Crippen LogP contribution in [0.15, 0.2) is 22.6 Å². The molecule has 0 unspecified atom stereocenters. The van der Waals surface area contributed by atoms with Gasteiger partial charge in [-0.1, -0.05) is 13.8 Å². The molecule has 5 heteroatoms. The molecule has 1 aromatic carbocycles. The van der Waals surface area contributed by atoms with Gasteiger partial charge in [-0.25, -0.2) is 4.98 Å². The molecule has 5 nitrogen and oxygen atoms in total. The van der Waals surface area contributed by atoms with E-state index in [0.29, 0.717) is 12.4 Å². The Labute approximate surface area is 112 Å². The maximum atomic E-state index is 11.7. The van der Waals surface area contributed by atoms with Crippen LogP contribution >= 0.6 is 0 Å². The number of carbonyl (C=O) groups excluding carboxylic acids is 1. The molecule has 0 aliphatic heterocycles. The number of aryl methyl sites for hydroxylation is 1. The quantitative estimate of drug-likeness (QED) is 0.783. The van der Waals surface area contributed by atoms with Gasteiger partial charge in [0.05, 0.1) is 6.54 Å². The van der Waals surface area contributed by atoms with Gasteiger partial charge in [-0.2, -0.15) is 0 Å². The second-order valence-corrected chi connectivity index (χ2v) is 4.37. The summed E-state index contributed by atoms with van der Waals surface area (Å²) in [6.45, 7) is 5.22. The number of nitrogens with one attached hydrogen (secondary N) is 2. The van der Waals surface area contributed by atoms with Crippen molar-refractivity contribution in [2.75, 3.05) is 18.4 Å². The minimum Gasteiger partial charge on any atom is -0.441 e. The third-order valence-electron chi connectivity index (χ3n) is 2.73. The molecule has 0 bridgehead atoms. The van der Waals surface area contributed by atoms with Crippen molar-refractivity contribution in [2.45, 2.75) is 26.7 Å². The van der Waals surface area contributed by atoms with E-state index in [2.05, 4.69) is 22.5 Å². The molecule has 0 atom stereocenters. The fourth-order valence-electron chi connectivity index (χ4n) is 1.79.